The van der Waals surface area contributed by atoms with Crippen LogP contribution in [0.15, 0.2) is 41.1 Å². The zero-order chi connectivity index (χ0) is 19.7. The molecule has 3 aromatic rings. The van der Waals surface area contributed by atoms with Crippen molar-refractivity contribution in [3.8, 4) is 5.75 Å². The molecule has 0 spiro atoms. The number of hydrogen-bond donors (Lipinski definition) is 0. The molecule has 1 fully saturated rings. The maximum absolute atomic E-state index is 12.8. The van der Waals surface area contributed by atoms with Gasteiger partial charge in [0.15, 0.2) is 6.10 Å². The largest absolute Gasteiger partial charge is 0.481 e. The number of piperazine rings is 1. The summed E-state index contributed by atoms with van der Waals surface area (Å²) in [6, 6.07) is 9.49. The van der Waals surface area contributed by atoms with Crippen LogP contribution in [-0.2, 0) is 4.79 Å². The van der Waals surface area contributed by atoms with Crippen molar-refractivity contribution in [2.45, 2.75) is 20.0 Å². The molecule has 0 N–H and O–H groups in total. The average molecular weight is 445 g/mol. The Hall–Kier alpha value is -2.68. The van der Waals surface area contributed by atoms with E-state index in [9.17, 15) is 4.79 Å². The van der Waals surface area contributed by atoms with Crippen molar-refractivity contribution in [3.05, 3.63) is 46.8 Å². The number of aryl methyl sites for hydroxylation is 1. The molecule has 4 rings (SSSR count). The van der Waals surface area contributed by atoms with Crippen LogP contribution in [0.5, 0.6) is 5.75 Å². The molecule has 1 amide bonds. The van der Waals surface area contributed by atoms with E-state index in [1.54, 1.807) is 11.4 Å². The zero-order valence-corrected chi connectivity index (χ0v) is 17.3. The number of amides is 1. The van der Waals surface area contributed by atoms with E-state index in [0.29, 0.717) is 24.6 Å². The summed E-state index contributed by atoms with van der Waals surface area (Å²) >= 11 is 3.40. The van der Waals surface area contributed by atoms with Gasteiger partial charge in [-0.3, -0.25) is 4.79 Å². The van der Waals surface area contributed by atoms with Crippen LogP contribution >= 0.6 is 15.9 Å². The molecule has 1 aliphatic rings. The van der Waals surface area contributed by atoms with Gasteiger partial charge in [-0.05, 0) is 38.1 Å². The van der Waals surface area contributed by atoms with E-state index in [2.05, 4.69) is 35.9 Å². The van der Waals surface area contributed by atoms with Crippen molar-refractivity contribution in [3.63, 3.8) is 0 Å². The maximum atomic E-state index is 12.8. The van der Waals surface area contributed by atoms with Gasteiger partial charge in [-0.2, -0.15) is 14.6 Å². The molecule has 8 nitrogen and oxygen atoms in total. The summed E-state index contributed by atoms with van der Waals surface area (Å²) in [5.74, 6) is 2.22. The first kappa shape index (κ1) is 18.7. The molecule has 1 saturated heterocycles. The maximum Gasteiger partial charge on any atom is 0.263 e. The Bertz CT molecular complexity index is 982. The Morgan fingerprint density at radius 1 is 1.18 bits per heavy atom. The molecule has 3 heterocycles. The van der Waals surface area contributed by atoms with E-state index in [-0.39, 0.29) is 5.91 Å². The highest BCUT2D eigenvalue weighted by Crippen LogP contribution is 2.20. The van der Waals surface area contributed by atoms with E-state index in [4.69, 9.17) is 4.74 Å². The monoisotopic (exact) mass is 444 g/mol. The van der Waals surface area contributed by atoms with Gasteiger partial charge in [0.05, 0.1) is 0 Å². The van der Waals surface area contributed by atoms with Crippen molar-refractivity contribution >= 4 is 33.4 Å². The molecule has 146 valence electrons. The van der Waals surface area contributed by atoms with Crippen LogP contribution in [0.1, 0.15) is 12.6 Å². The minimum Gasteiger partial charge on any atom is -0.481 e. The van der Waals surface area contributed by atoms with Crippen LogP contribution in [0.2, 0.25) is 0 Å². The van der Waals surface area contributed by atoms with Crippen molar-refractivity contribution in [1.29, 1.82) is 0 Å². The fourth-order valence-electron chi connectivity index (χ4n) is 3.32. The first-order valence-corrected chi connectivity index (χ1v) is 9.94. The predicted molar refractivity (Wildman–Crippen MR) is 109 cm³/mol. The topological polar surface area (TPSA) is 75.9 Å². The number of halogens is 1. The number of hydrogen-bond acceptors (Lipinski definition) is 6. The molecule has 0 bridgehead atoms. The Morgan fingerprint density at radius 3 is 2.61 bits per heavy atom. The fraction of sp³-hybridized carbons (Fsp3) is 0.368. The van der Waals surface area contributed by atoms with E-state index in [0.717, 1.165) is 29.1 Å². The first-order valence-electron chi connectivity index (χ1n) is 9.14. The molecule has 1 unspecified atom stereocenters. The number of rotatable bonds is 4. The molecule has 28 heavy (non-hydrogen) atoms. The third kappa shape index (κ3) is 3.80. The van der Waals surface area contributed by atoms with Gasteiger partial charge in [0.25, 0.3) is 11.7 Å². The standard InChI is InChI=1S/C19H21BrN6O2/c1-13-11-17(26-19(23-13)21-12-22-26)24-7-9-25(10-8-24)18(27)14(2)28-16-5-3-15(20)4-6-16/h3-6,11-12,14H,7-10H2,1-2H3. The predicted octanol–water partition coefficient (Wildman–Crippen LogP) is 2.31. The lowest BCUT2D eigenvalue weighted by Gasteiger charge is -2.36. The summed E-state index contributed by atoms with van der Waals surface area (Å²) in [5.41, 5.74) is 0.894. The van der Waals surface area contributed by atoms with Gasteiger partial charge in [-0.15, -0.1) is 0 Å². The summed E-state index contributed by atoms with van der Waals surface area (Å²) in [6.45, 7) is 6.43. The summed E-state index contributed by atoms with van der Waals surface area (Å²) < 4.78 is 8.52. The van der Waals surface area contributed by atoms with E-state index in [1.807, 2.05) is 42.2 Å². The zero-order valence-electron chi connectivity index (χ0n) is 15.7. The quantitative estimate of drug-likeness (QED) is 0.614. The normalized spacial score (nSPS) is 15.7. The summed E-state index contributed by atoms with van der Waals surface area (Å²) in [5, 5.41) is 4.27. The van der Waals surface area contributed by atoms with Gasteiger partial charge in [-0.25, -0.2) is 4.98 Å². The van der Waals surface area contributed by atoms with Crippen LogP contribution < -0.4 is 9.64 Å². The number of ether oxygens (including phenoxy) is 1. The highest BCUT2D eigenvalue weighted by molar-refractivity contribution is 9.10. The lowest BCUT2D eigenvalue weighted by molar-refractivity contribution is -0.138. The summed E-state index contributed by atoms with van der Waals surface area (Å²) in [7, 11) is 0. The Morgan fingerprint density at radius 2 is 1.89 bits per heavy atom. The summed E-state index contributed by atoms with van der Waals surface area (Å²) in [6.07, 6.45) is 0.976. The van der Waals surface area contributed by atoms with Crippen LogP contribution in [0.3, 0.4) is 0 Å². The number of aromatic nitrogens is 4. The number of nitrogens with zero attached hydrogens (tertiary/aromatic N) is 6. The fourth-order valence-corrected chi connectivity index (χ4v) is 3.58. The van der Waals surface area contributed by atoms with Crippen molar-refractivity contribution < 1.29 is 9.53 Å². The molecule has 2 aromatic heterocycles. The number of carbonyl (C=O) groups is 1. The molecule has 1 aromatic carbocycles. The highest BCUT2D eigenvalue weighted by atomic mass is 79.9. The van der Waals surface area contributed by atoms with Gasteiger partial charge in [0.2, 0.25) is 0 Å². The Labute approximate surface area is 171 Å². The van der Waals surface area contributed by atoms with Gasteiger partial charge in [-0.1, -0.05) is 15.9 Å². The number of benzene rings is 1. The molecule has 0 aliphatic carbocycles. The molecule has 9 heteroatoms. The van der Waals surface area contributed by atoms with Crippen molar-refractivity contribution in [1.82, 2.24) is 24.5 Å². The molecule has 1 aliphatic heterocycles. The third-order valence-corrected chi connectivity index (χ3v) is 5.28. The second kappa shape index (κ2) is 7.75. The molecule has 1 atom stereocenters. The average Bonchev–Trinajstić information content (AvgIpc) is 3.17. The van der Waals surface area contributed by atoms with Crippen LogP contribution in [0.25, 0.3) is 5.78 Å². The number of anilines is 1. The Kier molecular flexibility index (Phi) is 5.17. The molecule has 0 radical (unpaired) electrons. The second-order valence-electron chi connectivity index (χ2n) is 6.75. The van der Waals surface area contributed by atoms with Crippen LogP contribution in [-0.4, -0.2) is 62.7 Å². The van der Waals surface area contributed by atoms with Gasteiger partial charge >= 0.3 is 0 Å². The smallest absolute Gasteiger partial charge is 0.263 e. The lowest BCUT2D eigenvalue weighted by Crippen LogP contribution is -2.52. The molecular formula is C19H21BrN6O2. The minimum atomic E-state index is -0.530. The third-order valence-electron chi connectivity index (χ3n) is 4.75. The van der Waals surface area contributed by atoms with E-state index < -0.39 is 6.10 Å². The minimum absolute atomic E-state index is 0.000574. The lowest BCUT2D eigenvalue weighted by atomic mass is 10.2. The SMILES string of the molecule is Cc1cc(N2CCN(C(=O)C(C)Oc3ccc(Br)cc3)CC2)n2ncnc2n1. The highest BCUT2D eigenvalue weighted by Gasteiger charge is 2.27. The van der Waals surface area contributed by atoms with Crippen LogP contribution in [0, 0.1) is 6.92 Å². The van der Waals surface area contributed by atoms with Gasteiger partial charge in [0, 0.05) is 42.4 Å². The van der Waals surface area contributed by atoms with Crippen LogP contribution in [0.4, 0.5) is 5.82 Å². The second-order valence-corrected chi connectivity index (χ2v) is 7.67. The van der Waals surface area contributed by atoms with Gasteiger partial charge < -0.3 is 14.5 Å². The summed E-state index contributed by atoms with van der Waals surface area (Å²) in [4.78, 5) is 25.4. The van der Waals surface area contributed by atoms with Gasteiger partial charge in [0.1, 0.15) is 17.9 Å². The number of fused-ring (bicyclic) bond motifs is 1. The van der Waals surface area contributed by atoms with E-state index >= 15 is 0 Å². The van der Waals surface area contributed by atoms with E-state index in [1.165, 1.54) is 6.33 Å². The first-order chi connectivity index (χ1) is 13.5. The number of carbonyl (C=O) groups excluding carboxylic acids is 1. The molecule has 0 saturated carbocycles. The Balaban J connectivity index is 1.40. The molecular weight excluding hydrogens is 424 g/mol. The van der Waals surface area contributed by atoms with Crippen molar-refractivity contribution in [2.75, 3.05) is 31.1 Å². The van der Waals surface area contributed by atoms with Crippen molar-refractivity contribution in [2.24, 2.45) is 0 Å².